The van der Waals surface area contributed by atoms with Crippen LogP contribution in [0.3, 0.4) is 0 Å². The van der Waals surface area contributed by atoms with E-state index in [0.717, 1.165) is 50.5 Å². The molecule has 0 unspecified atom stereocenters. The van der Waals surface area contributed by atoms with Gasteiger partial charge in [-0.05, 0) is 44.4 Å². The van der Waals surface area contributed by atoms with Gasteiger partial charge < -0.3 is 10.6 Å². The molecule has 0 aliphatic carbocycles. The highest BCUT2D eigenvalue weighted by molar-refractivity contribution is 14.0. The van der Waals surface area contributed by atoms with Crippen LogP contribution >= 0.6 is 24.0 Å². The first-order valence-corrected chi connectivity index (χ1v) is 9.01. The smallest absolute Gasteiger partial charge is 0.191 e. The summed E-state index contributed by atoms with van der Waals surface area (Å²) in [5.74, 6) is 0.850. The normalized spacial score (nSPS) is 15.7. The molecule has 2 N–H and O–H groups in total. The van der Waals surface area contributed by atoms with Gasteiger partial charge in [0.2, 0.25) is 0 Å². The molecule has 1 aliphatic heterocycles. The molecule has 1 heterocycles. The lowest BCUT2D eigenvalue weighted by Gasteiger charge is -2.33. The van der Waals surface area contributed by atoms with E-state index < -0.39 is 0 Å². The zero-order valence-corrected chi connectivity index (χ0v) is 18.1. The van der Waals surface area contributed by atoms with Crippen molar-refractivity contribution < 1.29 is 0 Å². The Labute approximate surface area is 174 Å². The van der Waals surface area contributed by atoms with Crippen LogP contribution < -0.4 is 10.6 Å². The molecule has 5 nitrogen and oxygen atoms in total. The minimum atomic E-state index is 0. The maximum absolute atomic E-state index is 9.00. The van der Waals surface area contributed by atoms with Crippen LogP contribution in [0.1, 0.15) is 37.8 Å². The third kappa shape index (κ3) is 7.75. The number of rotatable bonds is 6. The average molecular weight is 467 g/mol. The van der Waals surface area contributed by atoms with E-state index in [1.807, 2.05) is 24.3 Å². The highest BCUT2D eigenvalue weighted by Gasteiger charge is 2.19. The molecule has 26 heavy (non-hydrogen) atoms. The van der Waals surface area contributed by atoms with E-state index in [1.54, 1.807) is 0 Å². The van der Waals surface area contributed by atoms with Crippen LogP contribution in [-0.4, -0.2) is 43.1 Å². The minimum absolute atomic E-state index is 0. The molecule has 0 aromatic heterocycles. The number of nitrogens with one attached hydrogen (secondary N) is 2. The molecule has 1 aromatic carbocycles. The summed E-state index contributed by atoms with van der Waals surface area (Å²) in [5, 5.41) is 15.9. The fraction of sp³-hybridized carbons (Fsp3) is 0.500. The molecular weight excluding hydrogens is 437 g/mol. The third-order valence-electron chi connectivity index (χ3n) is 4.24. The average Bonchev–Trinajstić information content (AvgIpc) is 2.61. The largest absolute Gasteiger partial charge is 0.357 e. The van der Waals surface area contributed by atoms with E-state index in [2.05, 4.69) is 47.0 Å². The second kappa shape index (κ2) is 11.9. The number of piperidine rings is 1. The summed E-state index contributed by atoms with van der Waals surface area (Å²) in [4.78, 5) is 7.13. The van der Waals surface area contributed by atoms with Crippen molar-refractivity contribution in [3.63, 3.8) is 0 Å². The first kappa shape index (κ1) is 22.5. The van der Waals surface area contributed by atoms with Crippen molar-refractivity contribution in [2.75, 3.05) is 26.2 Å². The van der Waals surface area contributed by atoms with Gasteiger partial charge in [0.05, 0.1) is 18.2 Å². The number of hydrogen-bond donors (Lipinski definition) is 2. The van der Waals surface area contributed by atoms with E-state index in [4.69, 9.17) is 5.26 Å². The van der Waals surface area contributed by atoms with Crippen LogP contribution in [0.4, 0.5) is 0 Å². The summed E-state index contributed by atoms with van der Waals surface area (Å²) in [6.07, 6.45) is 2.23. The standard InChI is InChI=1S/C20H29N5.HI/c1-4-22-20(23-14-18-7-5-6-17(12-18)13-21)24-19-8-10-25(11-9-19)15-16(2)3;/h5-7,12,19H,2,4,8-11,14-15H2,1,3H3,(H2,22,23,24);1H. The van der Waals surface area contributed by atoms with Crippen molar-refractivity contribution in [1.29, 1.82) is 5.26 Å². The number of halogens is 1. The minimum Gasteiger partial charge on any atom is -0.357 e. The molecule has 0 saturated carbocycles. The fourth-order valence-corrected chi connectivity index (χ4v) is 3.04. The summed E-state index contributed by atoms with van der Waals surface area (Å²) in [5.41, 5.74) is 2.95. The molecule has 0 radical (unpaired) electrons. The Kier molecular flexibility index (Phi) is 10.3. The van der Waals surface area contributed by atoms with E-state index in [9.17, 15) is 0 Å². The molecule has 0 bridgehead atoms. The number of nitriles is 1. The van der Waals surface area contributed by atoms with Crippen LogP contribution in [0.25, 0.3) is 0 Å². The van der Waals surface area contributed by atoms with Gasteiger partial charge in [-0.1, -0.05) is 24.3 Å². The molecule has 0 spiro atoms. The lowest BCUT2D eigenvalue weighted by atomic mass is 10.0. The molecule has 2 rings (SSSR count). The number of guanidine groups is 1. The van der Waals surface area contributed by atoms with Gasteiger partial charge in [0.1, 0.15) is 0 Å². The molecule has 6 heteroatoms. The van der Waals surface area contributed by atoms with E-state index in [0.29, 0.717) is 18.2 Å². The molecule has 1 aliphatic rings. The molecule has 1 aromatic rings. The van der Waals surface area contributed by atoms with Gasteiger partial charge >= 0.3 is 0 Å². The SMILES string of the molecule is C=C(C)CN1CCC(NC(=NCc2cccc(C#N)c2)NCC)CC1.I. The summed E-state index contributed by atoms with van der Waals surface area (Å²) in [6.45, 7) is 12.7. The fourth-order valence-electron chi connectivity index (χ4n) is 3.04. The summed E-state index contributed by atoms with van der Waals surface area (Å²) >= 11 is 0. The molecular formula is C20H30IN5. The van der Waals surface area contributed by atoms with E-state index >= 15 is 0 Å². The molecule has 0 atom stereocenters. The zero-order chi connectivity index (χ0) is 18.1. The maximum atomic E-state index is 9.00. The summed E-state index contributed by atoms with van der Waals surface area (Å²) < 4.78 is 0. The lowest BCUT2D eigenvalue weighted by Crippen LogP contribution is -2.48. The maximum Gasteiger partial charge on any atom is 0.191 e. The van der Waals surface area contributed by atoms with Crippen molar-refractivity contribution in [3.8, 4) is 6.07 Å². The van der Waals surface area contributed by atoms with Gasteiger partial charge in [0.25, 0.3) is 0 Å². The van der Waals surface area contributed by atoms with Gasteiger partial charge in [-0.15, -0.1) is 24.0 Å². The van der Waals surface area contributed by atoms with Crippen molar-refractivity contribution >= 4 is 29.9 Å². The first-order valence-electron chi connectivity index (χ1n) is 9.01. The quantitative estimate of drug-likeness (QED) is 0.292. The van der Waals surface area contributed by atoms with Crippen molar-refractivity contribution in [2.45, 2.75) is 39.3 Å². The van der Waals surface area contributed by atoms with Gasteiger partial charge in [-0.3, -0.25) is 4.90 Å². The van der Waals surface area contributed by atoms with Crippen LogP contribution in [0.5, 0.6) is 0 Å². The van der Waals surface area contributed by atoms with Crippen LogP contribution in [0.15, 0.2) is 41.4 Å². The first-order chi connectivity index (χ1) is 12.1. The van der Waals surface area contributed by atoms with Crippen LogP contribution in [0.2, 0.25) is 0 Å². The highest BCUT2D eigenvalue weighted by Crippen LogP contribution is 2.12. The van der Waals surface area contributed by atoms with Crippen molar-refractivity contribution in [1.82, 2.24) is 15.5 Å². The topological polar surface area (TPSA) is 63.5 Å². The second-order valence-electron chi connectivity index (χ2n) is 6.66. The van der Waals surface area contributed by atoms with Gasteiger partial charge in [-0.2, -0.15) is 5.26 Å². The highest BCUT2D eigenvalue weighted by atomic mass is 127. The Bertz CT molecular complexity index is 642. The summed E-state index contributed by atoms with van der Waals surface area (Å²) in [6, 6.07) is 10.2. The molecule has 1 saturated heterocycles. The Hall–Kier alpha value is -1.59. The van der Waals surface area contributed by atoms with Crippen molar-refractivity contribution in [2.24, 2.45) is 4.99 Å². The number of nitrogens with zero attached hydrogens (tertiary/aromatic N) is 3. The number of likely N-dealkylation sites (tertiary alicyclic amines) is 1. The number of aliphatic imine (C=N–C) groups is 1. The zero-order valence-electron chi connectivity index (χ0n) is 15.8. The third-order valence-corrected chi connectivity index (χ3v) is 4.24. The molecule has 1 fully saturated rings. The second-order valence-corrected chi connectivity index (χ2v) is 6.66. The van der Waals surface area contributed by atoms with Crippen molar-refractivity contribution in [3.05, 3.63) is 47.5 Å². The predicted molar refractivity (Wildman–Crippen MR) is 119 cm³/mol. The molecule has 0 amide bonds. The van der Waals surface area contributed by atoms with E-state index in [1.165, 1.54) is 5.57 Å². The lowest BCUT2D eigenvalue weighted by molar-refractivity contribution is 0.221. The molecule has 142 valence electrons. The predicted octanol–water partition coefficient (Wildman–Crippen LogP) is 3.27. The Morgan fingerprint density at radius 3 is 2.73 bits per heavy atom. The number of hydrogen-bond acceptors (Lipinski definition) is 3. The monoisotopic (exact) mass is 467 g/mol. The Morgan fingerprint density at radius 2 is 2.12 bits per heavy atom. The van der Waals surface area contributed by atoms with Gasteiger partial charge in [-0.25, -0.2) is 4.99 Å². The Morgan fingerprint density at radius 1 is 1.38 bits per heavy atom. The Balaban J connectivity index is 0.00000338. The van der Waals surface area contributed by atoms with Gasteiger partial charge in [0.15, 0.2) is 5.96 Å². The number of benzene rings is 1. The summed E-state index contributed by atoms with van der Waals surface area (Å²) in [7, 11) is 0. The van der Waals surface area contributed by atoms with Crippen LogP contribution in [-0.2, 0) is 6.54 Å². The van der Waals surface area contributed by atoms with Crippen LogP contribution in [0, 0.1) is 11.3 Å². The van der Waals surface area contributed by atoms with E-state index in [-0.39, 0.29) is 24.0 Å². The van der Waals surface area contributed by atoms with Gasteiger partial charge in [0, 0.05) is 32.2 Å².